The van der Waals surface area contributed by atoms with E-state index in [0.29, 0.717) is 25.9 Å². The van der Waals surface area contributed by atoms with E-state index >= 15 is 0 Å². The predicted octanol–water partition coefficient (Wildman–Crippen LogP) is 1.59. The molecule has 0 amide bonds. The lowest BCUT2D eigenvalue weighted by atomic mass is 9.98. The zero-order valence-corrected chi connectivity index (χ0v) is 10.7. The number of halogens is 1. The number of rotatable bonds is 2. The van der Waals surface area contributed by atoms with Crippen molar-refractivity contribution in [1.29, 1.82) is 0 Å². The van der Waals surface area contributed by atoms with Gasteiger partial charge in [0, 0.05) is 13.1 Å². The summed E-state index contributed by atoms with van der Waals surface area (Å²) in [4.78, 5) is 11.7. The summed E-state index contributed by atoms with van der Waals surface area (Å²) in [5.41, 5.74) is -0.489. The summed E-state index contributed by atoms with van der Waals surface area (Å²) in [6.45, 7) is 6.13. The van der Waals surface area contributed by atoms with Crippen molar-refractivity contribution in [2.24, 2.45) is 5.92 Å². The Labute approximate surface area is 98.0 Å². The highest BCUT2D eigenvalue weighted by Gasteiger charge is 2.30. The number of nitrogens with zero attached hydrogens (tertiary/aromatic N) is 1. The number of esters is 1. The number of carbonyl (C=O) groups is 1. The molecule has 94 valence electrons. The molecule has 1 unspecified atom stereocenters. The van der Waals surface area contributed by atoms with Crippen molar-refractivity contribution in [3.05, 3.63) is 0 Å². The van der Waals surface area contributed by atoms with Crippen LogP contribution in [0.2, 0.25) is 0 Å². The molecule has 1 aliphatic rings. The zero-order valence-electron chi connectivity index (χ0n) is 9.86. The Morgan fingerprint density at radius 3 is 2.25 bits per heavy atom. The predicted molar refractivity (Wildman–Crippen MR) is 59.4 cm³/mol. The molecule has 1 atom stereocenters. The first kappa shape index (κ1) is 13.6. The van der Waals surface area contributed by atoms with E-state index in [9.17, 15) is 12.9 Å². The van der Waals surface area contributed by atoms with Crippen molar-refractivity contribution in [2.45, 2.75) is 39.2 Å². The number of ether oxygens (including phenoxy) is 1. The lowest BCUT2D eigenvalue weighted by Gasteiger charge is -2.29. The number of hydrogen-bond donors (Lipinski definition) is 0. The molecular weight excluding hydrogens is 233 g/mol. The molecule has 0 saturated carbocycles. The van der Waals surface area contributed by atoms with Gasteiger partial charge in [-0.15, -0.1) is 3.89 Å². The van der Waals surface area contributed by atoms with E-state index in [1.807, 2.05) is 20.8 Å². The number of piperidine rings is 1. The molecule has 1 fully saturated rings. The average Bonchev–Trinajstić information content (AvgIpc) is 2.15. The lowest BCUT2D eigenvalue weighted by Crippen LogP contribution is -2.38. The Balaban J connectivity index is 2.42. The summed E-state index contributed by atoms with van der Waals surface area (Å²) in [6, 6.07) is 0. The van der Waals surface area contributed by atoms with Crippen LogP contribution < -0.4 is 0 Å². The lowest BCUT2D eigenvalue weighted by molar-refractivity contribution is -0.161. The summed E-state index contributed by atoms with van der Waals surface area (Å²) in [6.07, 6.45) is 1.01. The normalized spacial score (nSPS) is 21.8. The molecule has 6 heteroatoms. The molecule has 1 heterocycles. The first-order valence-electron chi connectivity index (χ1n) is 5.35. The molecular formula is C10H18FNO3S. The molecule has 0 aromatic carbocycles. The van der Waals surface area contributed by atoms with Gasteiger partial charge in [-0.25, -0.2) is 4.21 Å². The molecule has 0 aliphatic carbocycles. The number of carbonyl (C=O) groups excluding carboxylic acids is 1. The van der Waals surface area contributed by atoms with Crippen LogP contribution in [0.5, 0.6) is 0 Å². The van der Waals surface area contributed by atoms with Gasteiger partial charge in [0.1, 0.15) is 5.60 Å². The highest BCUT2D eigenvalue weighted by atomic mass is 32.2. The molecule has 1 aliphatic heterocycles. The van der Waals surface area contributed by atoms with Crippen LogP contribution >= 0.6 is 0 Å². The Kier molecular flexibility index (Phi) is 4.43. The third-order valence-corrected chi connectivity index (χ3v) is 3.17. The van der Waals surface area contributed by atoms with Gasteiger partial charge in [-0.2, -0.15) is 4.31 Å². The van der Waals surface area contributed by atoms with Crippen LogP contribution in [0.1, 0.15) is 33.6 Å². The Hall–Kier alpha value is -0.490. The highest BCUT2D eigenvalue weighted by Crippen LogP contribution is 2.22. The van der Waals surface area contributed by atoms with Crippen molar-refractivity contribution < 1.29 is 17.6 Å². The van der Waals surface area contributed by atoms with E-state index < -0.39 is 17.0 Å². The first-order valence-corrected chi connectivity index (χ1v) is 6.36. The molecule has 0 N–H and O–H groups in total. The van der Waals surface area contributed by atoms with Crippen LogP contribution in [0.4, 0.5) is 3.89 Å². The zero-order chi connectivity index (χ0) is 12.3. The van der Waals surface area contributed by atoms with Crippen LogP contribution in [0, 0.1) is 5.92 Å². The minimum atomic E-state index is -2.42. The fourth-order valence-corrected chi connectivity index (χ4v) is 2.12. The minimum Gasteiger partial charge on any atom is -0.460 e. The second kappa shape index (κ2) is 5.23. The molecule has 0 bridgehead atoms. The van der Waals surface area contributed by atoms with Gasteiger partial charge in [0.2, 0.25) is 0 Å². The molecule has 0 radical (unpaired) electrons. The first-order chi connectivity index (χ1) is 7.29. The fraction of sp³-hybridized carbons (Fsp3) is 0.900. The smallest absolute Gasteiger partial charge is 0.309 e. The van der Waals surface area contributed by atoms with Gasteiger partial charge < -0.3 is 4.74 Å². The van der Waals surface area contributed by atoms with Gasteiger partial charge in [-0.3, -0.25) is 4.79 Å². The Bertz CT molecular complexity index is 282. The Morgan fingerprint density at radius 1 is 1.38 bits per heavy atom. The molecule has 0 aromatic rings. The summed E-state index contributed by atoms with van der Waals surface area (Å²) in [5, 5.41) is 0. The van der Waals surface area contributed by atoms with Crippen LogP contribution in [-0.2, 0) is 20.9 Å². The van der Waals surface area contributed by atoms with Gasteiger partial charge in [-0.1, -0.05) is 0 Å². The van der Waals surface area contributed by atoms with E-state index in [4.69, 9.17) is 4.74 Å². The minimum absolute atomic E-state index is 0.195. The summed E-state index contributed by atoms with van der Waals surface area (Å²) in [5.74, 6) is -0.434. The van der Waals surface area contributed by atoms with E-state index in [2.05, 4.69) is 0 Å². The summed E-state index contributed by atoms with van der Waals surface area (Å²) >= 11 is -2.42. The van der Waals surface area contributed by atoms with Crippen LogP contribution in [0.3, 0.4) is 0 Å². The monoisotopic (exact) mass is 251 g/mol. The highest BCUT2D eigenvalue weighted by molar-refractivity contribution is 7.77. The summed E-state index contributed by atoms with van der Waals surface area (Å²) < 4.78 is 29.5. The standard InChI is InChI=1S/C10H18FNO3S/c1-10(2,3)15-9(13)8-4-6-12(7-5-8)16(11)14/h8H,4-7H2,1-3H3. The average molecular weight is 251 g/mol. The third kappa shape index (κ3) is 4.17. The van der Waals surface area contributed by atoms with Gasteiger partial charge in [0.25, 0.3) is 11.4 Å². The van der Waals surface area contributed by atoms with E-state index in [1.165, 1.54) is 4.31 Å². The van der Waals surface area contributed by atoms with Gasteiger partial charge in [0.15, 0.2) is 0 Å². The maximum Gasteiger partial charge on any atom is 0.309 e. The summed E-state index contributed by atoms with van der Waals surface area (Å²) in [7, 11) is 0. The fourth-order valence-electron chi connectivity index (χ4n) is 1.62. The SMILES string of the molecule is CC(C)(C)OC(=O)C1CCN(S(=O)F)CC1. The molecule has 1 saturated heterocycles. The largest absolute Gasteiger partial charge is 0.460 e. The third-order valence-electron chi connectivity index (χ3n) is 2.40. The molecule has 16 heavy (non-hydrogen) atoms. The van der Waals surface area contributed by atoms with Crippen molar-refractivity contribution in [1.82, 2.24) is 4.31 Å². The van der Waals surface area contributed by atoms with Gasteiger partial charge in [0.05, 0.1) is 5.92 Å². The van der Waals surface area contributed by atoms with Crippen LogP contribution in [0.15, 0.2) is 0 Å². The van der Waals surface area contributed by atoms with Gasteiger partial charge >= 0.3 is 5.97 Å². The molecule has 4 nitrogen and oxygen atoms in total. The Morgan fingerprint density at radius 2 is 1.88 bits per heavy atom. The van der Waals surface area contributed by atoms with Crippen molar-refractivity contribution in [3.63, 3.8) is 0 Å². The quantitative estimate of drug-likeness (QED) is 0.553. The second-order valence-corrected chi connectivity index (χ2v) is 5.87. The maximum atomic E-state index is 12.5. The van der Waals surface area contributed by atoms with Crippen molar-refractivity contribution in [2.75, 3.05) is 13.1 Å². The molecule has 0 aromatic heterocycles. The maximum absolute atomic E-state index is 12.5. The topological polar surface area (TPSA) is 46.6 Å². The van der Waals surface area contributed by atoms with E-state index in [1.54, 1.807) is 0 Å². The van der Waals surface area contributed by atoms with Crippen LogP contribution in [-0.4, -0.2) is 33.2 Å². The van der Waals surface area contributed by atoms with Crippen molar-refractivity contribution >= 4 is 17.3 Å². The molecule has 1 rings (SSSR count). The van der Waals surface area contributed by atoms with Crippen LogP contribution in [0.25, 0.3) is 0 Å². The van der Waals surface area contributed by atoms with Gasteiger partial charge in [-0.05, 0) is 33.6 Å². The van der Waals surface area contributed by atoms with Crippen molar-refractivity contribution in [3.8, 4) is 0 Å². The van der Waals surface area contributed by atoms with E-state index in [-0.39, 0.29) is 11.9 Å². The van der Waals surface area contributed by atoms with E-state index in [0.717, 1.165) is 0 Å². The second-order valence-electron chi connectivity index (χ2n) is 4.94. The number of hydrogen-bond acceptors (Lipinski definition) is 3. The molecule has 0 spiro atoms.